The summed E-state index contributed by atoms with van der Waals surface area (Å²) in [4.78, 5) is 4.23. The van der Waals surface area contributed by atoms with Crippen molar-refractivity contribution in [2.75, 3.05) is 6.54 Å². The molecule has 90 valence electrons. The van der Waals surface area contributed by atoms with Gasteiger partial charge in [-0.1, -0.05) is 23.7 Å². The van der Waals surface area contributed by atoms with E-state index in [-0.39, 0.29) is 0 Å². The predicted octanol–water partition coefficient (Wildman–Crippen LogP) is 1.54. The van der Waals surface area contributed by atoms with Gasteiger partial charge in [0.25, 0.3) is 0 Å². The fourth-order valence-electron chi connectivity index (χ4n) is 1.35. The number of hydrogen-bond donors (Lipinski definition) is 2. The van der Waals surface area contributed by atoms with Crippen LogP contribution in [0, 0.1) is 0 Å². The topological polar surface area (TPSA) is 76.8 Å². The highest BCUT2D eigenvalue weighted by Crippen LogP contribution is 2.23. The lowest BCUT2D eigenvalue weighted by molar-refractivity contribution is 0.296. The van der Waals surface area contributed by atoms with Crippen LogP contribution < -0.4 is 10.5 Å². The minimum Gasteiger partial charge on any atom is -0.484 e. The first-order valence-corrected chi connectivity index (χ1v) is 5.65. The second kappa shape index (κ2) is 5.65. The first kappa shape index (κ1) is 11.9. The van der Waals surface area contributed by atoms with Gasteiger partial charge in [-0.15, -0.1) is 0 Å². The van der Waals surface area contributed by atoms with Gasteiger partial charge in [-0.05, 0) is 18.7 Å². The number of aromatic nitrogens is 3. The molecule has 2 rings (SSSR count). The van der Waals surface area contributed by atoms with E-state index in [1.165, 1.54) is 0 Å². The van der Waals surface area contributed by atoms with Gasteiger partial charge in [-0.3, -0.25) is 5.10 Å². The van der Waals surface area contributed by atoms with Gasteiger partial charge >= 0.3 is 0 Å². The van der Waals surface area contributed by atoms with E-state index in [4.69, 9.17) is 22.1 Å². The molecule has 1 aromatic heterocycles. The summed E-state index contributed by atoms with van der Waals surface area (Å²) in [6, 6.07) is 7.29. The number of benzene rings is 1. The highest BCUT2D eigenvalue weighted by molar-refractivity contribution is 6.32. The highest BCUT2D eigenvalue weighted by atomic mass is 35.5. The van der Waals surface area contributed by atoms with Gasteiger partial charge in [-0.2, -0.15) is 5.10 Å². The number of hydrogen-bond acceptors (Lipinski definition) is 4. The molecule has 0 saturated heterocycles. The number of nitrogens with two attached hydrogens (primary N) is 1. The van der Waals surface area contributed by atoms with E-state index in [0.29, 0.717) is 42.0 Å². The molecule has 1 aromatic carbocycles. The molecular weight excluding hydrogens is 240 g/mol. The van der Waals surface area contributed by atoms with Gasteiger partial charge in [-0.25, -0.2) is 4.98 Å². The summed E-state index contributed by atoms with van der Waals surface area (Å²) in [5.41, 5.74) is 5.41. The zero-order chi connectivity index (χ0) is 12.1. The maximum absolute atomic E-state index is 5.96. The Kier molecular flexibility index (Phi) is 3.95. The summed E-state index contributed by atoms with van der Waals surface area (Å²) in [6.45, 7) is 0.837. The quantitative estimate of drug-likeness (QED) is 0.846. The number of halogens is 1. The monoisotopic (exact) mass is 252 g/mol. The third kappa shape index (κ3) is 3.18. The lowest BCUT2D eigenvalue weighted by Gasteiger charge is -2.04. The molecule has 0 bridgehead atoms. The zero-order valence-corrected chi connectivity index (χ0v) is 9.94. The molecule has 0 fully saturated rings. The molecule has 0 spiro atoms. The van der Waals surface area contributed by atoms with Gasteiger partial charge in [0.05, 0.1) is 5.02 Å². The molecule has 0 amide bonds. The Bertz CT molecular complexity index is 486. The fourth-order valence-corrected chi connectivity index (χ4v) is 1.54. The Labute approximate surface area is 104 Å². The minimum atomic E-state index is 0.307. The van der Waals surface area contributed by atoms with Crippen LogP contribution in [0.4, 0.5) is 0 Å². The SMILES string of the molecule is NCCc1n[nH]c(COc2ccccc2Cl)n1. The lowest BCUT2D eigenvalue weighted by atomic mass is 10.3. The van der Waals surface area contributed by atoms with Crippen molar-refractivity contribution in [1.29, 1.82) is 0 Å². The molecule has 0 atom stereocenters. The standard InChI is InChI=1S/C11H13ClN4O/c12-8-3-1-2-4-9(8)17-7-11-14-10(5-6-13)15-16-11/h1-4H,5-7,13H2,(H,14,15,16). The summed E-state index contributed by atoms with van der Waals surface area (Å²) in [6.07, 6.45) is 0.655. The Morgan fingerprint density at radius 3 is 2.94 bits per heavy atom. The van der Waals surface area contributed by atoms with E-state index in [0.717, 1.165) is 0 Å². The van der Waals surface area contributed by atoms with Crippen LogP contribution in [0.1, 0.15) is 11.6 Å². The summed E-state index contributed by atoms with van der Waals surface area (Å²) in [5, 5.41) is 7.39. The first-order chi connectivity index (χ1) is 8.29. The van der Waals surface area contributed by atoms with Crippen LogP contribution in [0.25, 0.3) is 0 Å². The molecule has 0 unspecified atom stereocenters. The van der Waals surface area contributed by atoms with Crippen molar-refractivity contribution in [2.24, 2.45) is 5.73 Å². The van der Waals surface area contributed by atoms with Crippen LogP contribution in [0.15, 0.2) is 24.3 Å². The maximum atomic E-state index is 5.96. The summed E-state index contributed by atoms with van der Waals surface area (Å²) in [7, 11) is 0. The Hall–Kier alpha value is -1.59. The van der Waals surface area contributed by atoms with Gasteiger partial charge < -0.3 is 10.5 Å². The number of aromatic amines is 1. The van der Waals surface area contributed by atoms with Crippen LogP contribution in [-0.4, -0.2) is 21.7 Å². The van der Waals surface area contributed by atoms with Crippen molar-refractivity contribution in [3.05, 3.63) is 40.9 Å². The molecule has 0 radical (unpaired) electrons. The van der Waals surface area contributed by atoms with Crippen molar-refractivity contribution in [3.8, 4) is 5.75 Å². The van der Waals surface area contributed by atoms with Crippen LogP contribution in [0.5, 0.6) is 5.75 Å². The molecule has 3 N–H and O–H groups in total. The van der Waals surface area contributed by atoms with Gasteiger partial charge in [0.1, 0.15) is 12.4 Å². The van der Waals surface area contributed by atoms with Crippen LogP contribution in [0.3, 0.4) is 0 Å². The molecule has 5 nitrogen and oxygen atoms in total. The molecule has 1 heterocycles. The summed E-state index contributed by atoms with van der Waals surface area (Å²) >= 11 is 5.96. The Morgan fingerprint density at radius 1 is 1.35 bits per heavy atom. The van der Waals surface area contributed by atoms with Crippen molar-refractivity contribution >= 4 is 11.6 Å². The average Bonchev–Trinajstić information content (AvgIpc) is 2.76. The predicted molar refractivity (Wildman–Crippen MR) is 64.9 cm³/mol. The zero-order valence-electron chi connectivity index (χ0n) is 9.19. The van der Waals surface area contributed by atoms with Crippen LogP contribution in [-0.2, 0) is 13.0 Å². The number of rotatable bonds is 5. The molecule has 6 heteroatoms. The molecule has 0 saturated carbocycles. The molecule has 2 aromatic rings. The maximum Gasteiger partial charge on any atom is 0.162 e. The van der Waals surface area contributed by atoms with Crippen LogP contribution >= 0.6 is 11.6 Å². The van der Waals surface area contributed by atoms with E-state index in [9.17, 15) is 0 Å². The molecular formula is C11H13ClN4O. The van der Waals surface area contributed by atoms with Crippen LogP contribution in [0.2, 0.25) is 5.02 Å². The second-order valence-corrected chi connectivity index (χ2v) is 3.86. The third-order valence-corrected chi connectivity index (χ3v) is 2.46. The smallest absolute Gasteiger partial charge is 0.162 e. The van der Waals surface area contributed by atoms with E-state index in [1.54, 1.807) is 12.1 Å². The van der Waals surface area contributed by atoms with Gasteiger partial charge in [0.15, 0.2) is 11.6 Å². The molecule has 0 aliphatic carbocycles. The largest absolute Gasteiger partial charge is 0.484 e. The second-order valence-electron chi connectivity index (χ2n) is 3.46. The number of nitrogens with zero attached hydrogens (tertiary/aromatic N) is 2. The Balaban J connectivity index is 1.95. The van der Waals surface area contributed by atoms with E-state index < -0.39 is 0 Å². The molecule has 17 heavy (non-hydrogen) atoms. The number of H-pyrrole nitrogens is 1. The third-order valence-electron chi connectivity index (χ3n) is 2.15. The first-order valence-electron chi connectivity index (χ1n) is 5.27. The fraction of sp³-hybridized carbons (Fsp3) is 0.273. The normalized spacial score (nSPS) is 10.5. The van der Waals surface area contributed by atoms with Gasteiger partial charge in [0, 0.05) is 6.42 Å². The van der Waals surface area contributed by atoms with Gasteiger partial charge in [0.2, 0.25) is 0 Å². The van der Waals surface area contributed by atoms with Crippen molar-refractivity contribution in [3.63, 3.8) is 0 Å². The van der Waals surface area contributed by atoms with Crippen molar-refractivity contribution in [2.45, 2.75) is 13.0 Å². The van der Waals surface area contributed by atoms with Crippen molar-refractivity contribution in [1.82, 2.24) is 15.2 Å². The number of para-hydroxylation sites is 1. The minimum absolute atomic E-state index is 0.307. The number of ether oxygens (including phenoxy) is 1. The van der Waals surface area contributed by atoms with Crippen molar-refractivity contribution < 1.29 is 4.74 Å². The van der Waals surface area contributed by atoms with E-state index in [2.05, 4.69) is 15.2 Å². The average molecular weight is 253 g/mol. The molecule has 0 aliphatic rings. The molecule has 0 aliphatic heterocycles. The Morgan fingerprint density at radius 2 is 2.18 bits per heavy atom. The van der Waals surface area contributed by atoms with E-state index >= 15 is 0 Å². The van der Waals surface area contributed by atoms with E-state index in [1.807, 2.05) is 12.1 Å². The summed E-state index contributed by atoms with van der Waals surface area (Å²) < 4.78 is 5.52. The number of nitrogens with one attached hydrogen (secondary N) is 1. The lowest BCUT2D eigenvalue weighted by Crippen LogP contribution is -2.04. The summed E-state index contributed by atoms with van der Waals surface area (Å²) in [5.74, 6) is 1.99. The highest BCUT2D eigenvalue weighted by Gasteiger charge is 2.04.